The van der Waals surface area contributed by atoms with Crippen LogP contribution in [0.1, 0.15) is 13.0 Å². The van der Waals surface area contributed by atoms with Crippen molar-refractivity contribution in [2.75, 3.05) is 26.3 Å². The van der Waals surface area contributed by atoms with Gasteiger partial charge in [-0.1, -0.05) is 17.7 Å². The van der Waals surface area contributed by atoms with E-state index in [4.69, 9.17) is 28.6 Å². The van der Waals surface area contributed by atoms with Crippen LogP contribution >= 0.6 is 23.8 Å². The molecular formula is C14H16ClN3O2S. The third-order valence-electron chi connectivity index (χ3n) is 3.77. The molecule has 3 rings (SSSR count). The van der Waals surface area contributed by atoms with E-state index < -0.39 is 0 Å². The van der Waals surface area contributed by atoms with Gasteiger partial charge in [0.2, 0.25) is 5.91 Å². The van der Waals surface area contributed by atoms with E-state index in [2.05, 4.69) is 4.98 Å². The number of aromatic amines is 1. The number of ether oxygens (including phenoxy) is 1. The minimum atomic E-state index is -0.372. The number of nitrogens with one attached hydrogen (secondary N) is 1. The van der Waals surface area contributed by atoms with E-state index in [0.717, 1.165) is 11.0 Å². The molecule has 5 nitrogen and oxygen atoms in total. The van der Waals surface area contributed by atoms with E-state index in [1.165, 1.54) is 0 Å². The van der Waals surface area contributed by atoms with Gasteiger partial charge in [-0.2, -0.15) is 0 Å². The van der Waals surface area contributed by atoms with Crippen LogP contribution in [0.4, 0.5) is 0 Å². The normalized spacial score (nSPS) is 17.1. The Morgan fingerprint density at radius 2 is 2.14 bits per heavy atom. The van der Waals surface area contributed by atoms with Crippen LogP contribution in [0, 0.1) is 4.77 Å². The molecule has 112 valence electrons. The zero-order valence-corrected chi connectivity index (χ0v) is 13.2. The molecule has 1 saturated heterocycles. The van der Waals surface area contributed by atoms with Gasteiger partial charge in [-0.25, -0.2) is 0 Å². The van der Waals surface area contributed by atoms with Gasteiger partial charge in [0.15, 0.2) is 4.77 Å². The fourth-order valence-corrected chi connectivity index (χ4v) is 3.23. The molecule has 0 aliphatic carbocycles. The molecule has 1 aliphatic rings. The molecule has 0 saturated carbocycles. The lowest BCUT2D eigenvalue weighted by Crippen LogP contribution is -2.43. The highest BCUT2D eigenvalue weighted by atomic mass is 35.5. The van der Waals surface area contributed by atoms with Crippen molar-refractivity contribution in [3.05, 3.63) is 28.0 Å². The molecule has 0 bridgehead atoms. The smallest absolute Gasteiger partial charge is 0.245 e. The maximum absolute atomic E-state index is 12.6. The SMILES string of the molecule is CC(C(=O)N1CCOCC1)n1c(=S)[nH]c2c(Cl)cccc21. The predicted molar refractivity (Wildman–Crippen MR) is 84.2 cm³/mol. The fraction of sp³-hybridized carbons (Fsp3) is 0.429. The minimum Gasteiger partial charge on any atom is -0.378 e. The van der Waals surface area contributed by atoms with Crippen LogP contribution < -0.4 is 0 Å². The molecule has 1 amide bonds. The van der Waals surface area contributed by atoms with E-state index in [1.54, 1.807) is 6.07 Å². The average molecular weight is 326 g/mol. The minimum absolute atomic E-state index is 0.0512. The summed E-state index contributed by atoms with van der Waals surface area (Å²) in [4.78, 5) is 17.5. The first-order valence-corrected chi connectivity index (χ1v) is 7.63. The molecule has 1 aromatic carbocycles. The largest absolute Gasteiger partial charge is 0.378 e. The summed E-state index contributed by atoms with van der Waals surface area (Å²) in [6.07, 6.45) is 0. The van der Waals surface area contributed by atoms with Gasteiger partial charge in [-0.05, 0) is 31.3 Å². The van der Waals surface area contributed by atoms with Crippen LogP contribution in [0.15, 0.2) is 18.2 Å². The monoisotopic (exact) mass is 325 g/mol. The number of carbonyl (C=O) groups is 1. The number of imidazole rings is 1. The van der Waals surface area contributed by atoms with Crippen LogP contribution in [0.25, 0.3) is 11.0 Å². The standard InChI is InChI=1S/C14H16ClN3O2S/c1-9(13(19)17-5-7-20-8-6-17)18-11-4-2-3-10(15)12(11)16-14(18)21/h2-4,9H,5-8H2,1H3,(H,16,21). The zero-order chi connectivity index (χ0) is 15.0. The van der Waals surface area contributed by atoms with Crippen LogP contribution in [-0.4, -0.2) is 46.7 Å². The highest BCUT2D eigenvalue weighted by molar-refractivity contribution is 7.71. The van der Waals surface area contributed by atoms with Crippen molar-refractivity contribution in [1.29, 1.82) is 0 Å². The Morgan fingerprint density at radius 3 is 2.86 bits per heavy atom. The Kier molecular flexibility index (Phi) is 4.01. The molecule has 0 radical (unpaired) electrons. The zero-order valence-electron chi connectivity index (χ0n) is 11.6. The van der Waals surface area contributed by atoms with Gasteiger partial charge in [0, 0.05) is 13.1 Å². The summed E-state index contributed by atoms with van der Waals surface area (Å²) in [6, 6.07) is 5.20. The number of H-pyrrole nitrogens is 1. The Balaban J connectivity index is 1.99. The summed E-state index contributed by atoms with van der Waals surface area (Å²) < 4.78 is 7.62. The van der Waals surface area contributed by atoms with Gasteiger partial charge >= 0.3 is 0 Å². The van der Waals surface area contributed by atoms with Crippen molar-refractivity contribution in [2.45, 2.75) is 13.0 Å². The van der Waals surface area contributed by atoms with Crippen molar-refractivity contribution < 1.29 is 9.53 Å². The molecule has 21 heavy (non-hydrogen) atoms. The average Bonchev–Trinajstić information content (AvgIpc) is 2.84. The number of amides is 1. The van der Waals surface area contributed by atoms with E-state index in [0.29, 0.717) is 36.1 Å². The van der Waals surface area contributed by atoms with E-state index >= 15 is 0 Å². The van der Waals surface area contributed by atoms with Crippen molar-refractivity contribution in [1.82, 2.24) is 14.5 Å². The van der Waals surface area contributed by atoms with Crippen molar-refractivity contribution in [3.63, 3.8) is 0 Å². The number of nitrogens with zero attached hydrogens (tertiary/aromatic N) is 2. The number of carbonyl (C=O) groups excluding carboxylic acids is 1. The Labute approximate surface area is 132 Å². The van der Waals surface area contributed by atoms with Crippen LogP contribution in [0.5, 0.6) is 0 Å². The summed E-state index contributed by atoms with van der Waals surface area (Å²) in [5, 5.41) is 0.600. The molecule has 7 heteroatoms. The van der Waals surface area contributed by atoms with Crippen molar-refractivity contribution >= 4 is 40.8 Å². The van der Waals surface area contributed by atoms with Gasteiger partial charge in [0.05, 0.1) is 29.3 Å². The second kappa shape index (κ2) is 5.79. The molecule has 1 atom stereocenters. The predicted octanol–water partition coefficient (Wildman–Crippen LogP) is 2.77. The lowest BCUT2D eigenvalue weighted by atomic mass is 10.2. The highest BCUT2D eigenvalue weighted by Crippen LogP contribution is 2.26. The Morgan fingerprint density at radius 1 is 1.43 bits per heavy atom. The number of hydrogen-bond acceptors (Lipinski definition) is 3. The van der Waals surface area contributed by atoms with E-state index in [9.17, 15) is 4.79 Å². The molecule has 1 aromatic heterocycles. The molecule has 1 N–H and O–H groups in total. The van der Waals surface area contributed by atoms with E-state index in [1.807, 2.05) is 28.5 Å². The molecule has 0 spiro atoms. The molecule has 1 aliphatic heterocycles. The van der Waals surface area contributed by atoms with Crippen LogP contribution in [-0.2, 0) is 9.53 Å². The number of aromatic nitrogens is 2. The van der Waals surface area contributed by atoms with E-state index in [-0.39, 0.29) is 11.9 Å². The molecule has 1 fully saturated rings. The topological polar surface area (TPSA) is 50.3 Å². The number of para-hydroxylation sites is 1. The Bertz CT molecular complexity index is 733. The number of fused-ring (bicyclic) bond motifs is 1. The summed E-state index contributed by atoms with van der Waals surface area (Å²) in [5.41, 5.74) is 1.62. The van der Waals surface area contributed by atoms with Crippen molar-refractivity contribution in [2.24, 2.45) is 0 Å². The highest BCUT2D eigenvalue weighted by Gasteiger charge is 2.25. The maximum atomic E-state index is 12.6. The second-order valence-corrected chi connectivity index (χ2v) is 5.84. The summed E-state index contributed by atoms with van der Waals surface area (Å²) >= 11 is 11.5. The lowest BCUT2D eigenvalue weighted by Gasteiger charge is -2.29. The quantitative estimate of drug-likeness (QED) is 0.864. The fourth-order valence-electron chi connectivity index (χ4n) is 2.66. The van der Waals surface area contributed by atoms with Crippen molar-refractivity contribution in [3.8, 4) is 0 Å². The number of morpholine rings is 1. The van der Waals surface area contributed by atoms with Crippen LogP contribution in [0.3, 0.4) is 0 Å². The number of halogens is 1. The second-order valence-electron chi connectivity index (χ2n) is 5.05. The third kappa shape index (κ3) is 2.59. The van der Waals surface area contributed by atoms with Crippen LogP contribution in [0.2, 0.25) is 5.02 Å². The molecule has 2 aromatic rings. The summed E-state index contributed by atoms with van der Waals surface area (Å²) in [6.45, 7) is 4.29. The number of rotatable bonds is 2. The van der Waals surface area contributed by atoms with Gasteiger partial charge in [0.1, 0.15) is 6.04 Å². The van der Waals surface area contributed by atoms with Gasteiger partial charge in [0.25, 0.3) is 0 Å². The third-order valence-corrected chi connectivity index (χ3v) is 4.38. The first-order chi connectivity index (χ1) is 10.1. The first kappa shape index (κ1) is 14.6. The van der Waals surface area contributed by atoms with Gasteiger partial charge in [-0.15, -0.1) is 0 Å². The van der Waals surface area contributed by atoms with Gasteiger partial charge < -0.3 is 19.2 Å². The molecule has 1 unspecified atom stereocenters. The molecular weight excluding hydrogens is 310 g/mol. The lowest BCUT2D eigenvalue weighted by molar-refractivity contribution is -0.138. The van der Waals surface area contributed by atoms with Gasteiger partial charge in [-0.3, -0.25) is 4.79 Å². The number of hydrogen-bond donors (Lipinski definition) is 1. The molecule has 2 heterocycles. The summed E-state index contributed by atoms with van der Waals surface area (Å²) in [5.74, 6) is 0.0512. The Hall–Kier alpha value is -1.37. The number of benzene rings is 1. The maximum Gasteiger partial charge on any atom is 0.245 e. The first-order valence-electron chi connectivity index (χ1n) is 6.85. The summed E-state index contributed by atoms with van der Waals surface area (Å²) in [7, 11) is 0.